The van der Waals surface area contributed by atoms with Crippen LogP contribution in [0, 0.1) is 12.7 Å². The molecule has 0 aliphatic carbocycles. The lowest BCUT2D eigenvalue weighted by Gasteiger charge is -2.13. The van der Waals surface area contributed by atoms with Crippen LogP contribution in [0.3, 0.4) is 0 Å². The molecule has 0 atom stereocenters. The third-order valence-corrected chi connectivity index (χ3v) is 4.53. The zero-order valence-electron chi connectivity index (χ0n) is 15.1. The summed E-state index contributed by atoms with van der Waals surface area (Å²) < 4.78 is 25.1. The van der Waals surface area contributed by atoms with Crippen LogP contribution < -0.4 is 9.47 Å². The summed E-state index contributed by atoms with van der Waals surface area (Å²) in [6.45, 7) is 2.35. The lowest BCUT2D eigenvalue weighted by atomic mass is 10.2. The van der Waals surface area contributed by atoms with E-state index in [1.54, 1.807) is 25.5 Å². The van der Waals surface area contributed by atoms with E-state index in [-0.39, 0.29) is 5.82 Å². The number of halogens is 2. The Morgan fingerprint density at radius 3 is 2.41 bits per heavy atom. The molecule has 0 saturated heterocycles. The molecule has 3 aromatic carbocycles. The fourth-order valence-corrected chi connectivity index (χ4v) is 3.04. The van der Waals surface area contributed by atoms with Crippen molar-refractivity contribution in [3.05, 3.63) is 87.6 Å². The molecular weight excluding hydrogens is 409 g/mol. The maximum absolute atomic E-state index is 13.0. The molecule has 3 aromatic rings. The van der Waals surface area contributed by atoms with Gasteiger partial charge in [-0.05, 0) is 70.4 Å². The summed E-state index contributed by atoms with van der Waals surface area (Å²) in [6.07, 6.45) is 1.78. The van der Waals surface area contributed by atoms with Crippen molar-refractivity contribution in [3.63, 3.8) is 0 Å². The molecule has 0 bridgehead atoms. The van der Waals surface area contributed by atoms with Crippen LogP contribution in [0.2, 0.25) is 0 Å². The molecule has 0 aromatic heterocycles. The van der Waals surface area contributed by atoms with Crippen molar-refractivity contribution in [2.75, 3.05) is 7.11 Å². The third kappa shape index (κ3) is 5.17. The first-order valence-electron chi connectivity index (χ1n) is 8.40. The Labute approximate surface area is 166 Å². The molecule has 27 heavy (non-hydrogen) atoms. The van der Waals surface area contributed by atoms with Gasteiger partial charge in [0, 0.05) is 6.21 Å². The number of benzene rings is 3. The normalized spacial score (nSPS) is 11.0. The number of aryl methyl sites for hydroxylation is 1. The first-order chi connectivity index (χ1) is 13.0. The largest absolute Gasteiger partial charge is 0.493 e. The van der Waals surface area contributed by atoms with Crippen molar-refractivity contribution >= 4 is 27.8 Å². The van der Waals surface area contributed by atoms with E-state index in [1.165, 1.54) is 17.7 Å². The average Bonchev–Trinajstić information content (AvgIpc) is 2.67. The second-order valence-corrected chi connectivity index (χ2v) is 6.90. The fraction of sp³-hybridized carbons (Fsp3) is 0.136. The Hall–Kier alpha value is -2.66. The maximum atomic E-state index is 13.0. The molecule has 0 fully saturated rings. The summed E-state index contributed by atoms with van der Waals surface area (Å²) in [5.74, 6) is 0.917. The zero-order valence-corrected chi connectivity index (χ0v) is 16.7. The highest BCUT2D eigenvalue weighted by molar-refractivity contribution is 9.10. The molecule has 0 aliphatic rings. The number of hydrogen-bond acceptors (Lipinski definition) is 3. The first-order valence-corrected chi connectivity index (χ1v) is 9.20. The predicted molar refractivity (Wildman–Crippen MR) is 110 cm³/mol. The Kier molecular flexibility index (Phi) is 6.24. The van der Waals surface area contributed by atoms with Gasteiger partial charge < -0.3 is 9.47 Å². The molecular formula is C22H19BrFNO2. The van der Waals surface area contributed by atoms with E-state index in [2.05, 4.69) is 20.9 Å². The van der Waals surface area contributed by atoms with Gasteiger partial charge in [0.25, 0.3) is 0 Å². The second kappa shape index (κ2) is 8.82. The highest BCUT2D eigenvalue weighted by atomic mass is 79.9. The van der Waals surface area contributed by atoms with Gasteiger partial charge in [-0.2, -0.15) is 0 Å². The SMILES string of the molecule is COc1cc(C=Nc2ccc(C)cc2)cc(Br)c1OCc1ccc(F)cc1. The standard InChI is InChI=1S/C22H19BrFNO2/c1-15-3-9-19(10-4-15)25-13-17-11-20(23)22(21(12-17)26-2)27-14-16-5-7-18(24)8-6-16/h3-13H,14H2,1-2H3. The van der Waals surface area contributed by atoms with Gasteiger partial charge >= 0.3 is 0 Å². The predicted octanol–water partition coefficient (Wildman–Crippen LogP) is 6.23. The topological polar surface area (TPSA) is 30.8 Å². The highest BCUT2D eigenvalue weighted by Gasteiger charge is 2.11. The molecule has 3 nitrogen and oxygen atoms in total. The Morgan fingerprint density at radius 2 is 1.74 bits per heavy atom. The number of ether oxygens (including phenoxy) is 2. The van der Waals surface area contributed by atoms with Gasteiger partial charge in [0.15, 0.2) is 11.5 Å². The van der Waals surface area contributed by atoms with Crippen molar-refractivity contribution in [2.24, 2.45) is 4.99 Å². The van der Waals surface area contributed by atoms with Gasteiger partial charge in [0.2, 0.25) is 0 Å². The number of hydrogen-bond donors (Lipinski definition) is 0. The number of aliphatic imine (C=N–C) groups is 1. The van der Waals surface area contributed by atoms with Crippen molar-refractivity contribution < 1.29 is 13.9 Å². The van der Waals surface area contributed by atoms with E-state index in [0.29, 0.717) is 18.1 Å². The van der Waals surface area contributed by atoms with Crippen molar-refractivity contribution in [3.8, 4) is 11.5 Å². The monoisotopic (exact) mass is 427 g/mol. The minimum Gasteiger partial charge on any atom is -0.493 e. The lowest BCUT2D eigenvalue weighted by Crippen LogP contribution is -1.99. The second-order valence-electron chi connectivity index (χ2n) is 6.04. The van der Waals surface area contributed by atoms with Crippen LogP contribution in [-0.4, -0.2) is 13.3 Å². The van der Waals surface area contributed by atoms with Crippen LogP contribution in [-0.2, 0) is 6.61 Å². The zero-order chi connectivity index (χ0) is 19.2. The van der Waals surface area contributed by atoms with Crippen molar-refractivity contribution in [1.82, 2.24) is 0 Å². The molecule has 0 radical (unpaired) electrons. The summed E-state index contributed by atoms with van der Waals surface area (Å²) >= 11 is 3.53. The third-order valence-electron chi connectivity index (χ3n) is 3.94. The van der Waals surface area contributed by atoms with Gasteiger partial charge in [0.1, 0.15) is 12.4 Å². The molecule has 5 heteroatoms. The summed E-state index contributed by atoms with van der Waals surface area (Å²) in [5.41, 5.74) is 3.83. The molecule has 0 aliphatic heterocycles. The summed E-state index contributed by atoms with van der Waals surface area (Å²) in [6, 6.07) is 18.0. The number of methoxy groups -OCH3 is 1. The number of rotatable bonds is 6. The molecule has 138 valence electrons. The Bertz CT molecular complexity index is 938. The molecule has 0 saturated carbocycles. The van der Waals surface area contributed by atoms with E-state index >= 15 is 0 Å². The molecule has 0 amide bonds. The van der Waals surface area contributed by atoms with Gasteiger partial charge in [-0.15, -0.1) is 0 Å². The number of nitrogens with zero attached hydrogens (tertiary/aromatic N) is 1. The van der Waals surface area contributed by atoms with Crippen LogP contribution in [0.15, 0.2) is 70.1 Å². The van der Waals surface area contributed by atoms with E-state index in [4.69, 9.17) is 9.47 Å². The van der Waals surface area contributed by atoms with Gasteiger partial charge in [-0.25, -0.2) is 4.39 Å². The Morgan fingerprint density at radius 1 is 1.04 bits per heavy atom. The minimum absolute atomic E-state index is 0.269. The van der Waals surface area contributed by atoms with Crippen LogP contribution in [0.1, 0.15) is 16.7 Å². The minimum atomic E-state index is -0.269. The lowest BCUT2D eigenvalue weighted by molar-refractivity contribution is 0.282. The average molecular weight is 428 g/mol. The molecule has 0 unspecified atom stereocenters. The van der Waals surface area contributed by atoms with Crippen LogP contribution in [0.5, 0.6) is 11.5 Å². The Balaban J connectivity index is 1.77. The van der Waals surface area contributed by atoms with E-state index < -0.39 is 0 Å². The van der Waals surface area contributed by atoms with Crippen molar-refractivity contribution in [1.29, 1.82) is 0 Å². The van der Waals surface area contributed by atoms with Gasteiger partial charge in [0.05, 0.1) is 17.3 Å². The van der Waals surface area contributed by atoms with Crippen LogP contribution >= 0.6 is 15.9 Å². The van der Waals surface area contributed by atoms with Gasteiger partial charge in [-0.3, -0.25) is 4.99 Å². The highest BCUT2D eigenvalue weighted by Crippen LogP contribution is 2.37. The molecule has 0 heterocycles. The quantitative estimate of drug-likeness (QED) is 0.436. The summed E-state index contributed by atoms with van der Waals surface area (Å²) in [5, 5.41) is 0. The molecule has 0 N–H and O–H groups in total. The van der Waals surface area contributed by atoms with Crippen LogP contribution in [0.4, 0.5) is 10.1 Å². The van der Waals surface area contributed by atoms with E-state index in [9.17, 15) is 4.39 Å². The van der Waals surface area contributed by atoms with Gasteiger partial charge in [-0.1, -0.05) is 29.8 Å². The molecule has 0 spiro atoms. The smallest absolute Gasteiger partial charge is 0.175 e. The van der Waals surface area contributed by atoms with E-state index in [0.717, 1.165) is 21.3 Å². The van der Waals surface area contributed by atoms with Crippen LogP contribution in [0.25, 0.3) is 0 Å². The van der Waals surface area contributed by atoms with Crippen molar-refractivity contribution in [2.45, 2.75) is 13.5 Å². The first kappa shape index (κ1) is 19.1. The summed E-state index contributed by atoms with van der Waals surface area (Å²) in [4.78, 5) is 4.49. The molecule has 3 rings (SSSR count). The fourth-order valence-electron chi connectivity index (χ4n) is 2.47. The summed E-state index contributed by atoms with van der Waals surface area (Å²) in [7, 11) is 1.59. The maximum Gasteiger partial charge on any atom is 0.175 e. The van der Waals surface area contributed by atoms with E-state index in [1.807, 2.05) is 43.3 Å².